The molecular formula is C13H25ClN4. The van der Waals surface area contributed by atoms with Gasteiger partial charge in [-0.25, -0.2) is 4.98 Å². The van der Waals surface area contributed by atoms with E-state index in [2.05, 4.69) is 36.1 Å². The van der Waals surface area contributed by atoms with Crippen LogP contribution in [0.5, 0.6) is 0 Å². The maximum absolute atomic E-state index is 5.92. The second-order valence-corrected chi connectivity index (χ2v) is 5.40. The molecule has 0 amide bonds. The fraction of sp³-hybridized carbons (Fsp3) is 0.769. The molecule has 0 aromatic carbocycles. The molecule has 0 radical (unpaired) electrons. The molecule has 0 saturated carbocycles. The van der Waals surface area contributed by atoms with Gasteiger partial charge in [0.2, 0.25) is 0 Å². The number of unbranched alkanes of at least 4 members (excludes halogenated alkanes) is 1. The number of imidazole rings is 1. The molecule has 1 aromatic heterocycles. The summed E-state index contributed by atoms with van der Waals surface area (Å²) in [6.07, 6.45) is 4.11. The van der Waals surface area contributed by atoms with E-state index in [9.17, 15) is 0 Å². The number of hydrogen-bond donors (Lipinski definition) is 1. The van der Waals surface area contributed by atoms with Crippen LogP contribution in [0.4, 0.5) is 0 Å². The molecule has 0 aliphatic rings. The van der Waals surface area contributed by atoms with Crippen molar-refractivity contribution in [1.82, 2.24) is 19.8 Å². The minimum atomic E-state index is 0.632. The van der Waals surface area contributed by atoms with E-state index in [-0.39, 0.29) is 0 Å². The summed E-state index contributed by atoms with van der Waals surface area (Å²) in [6.45, 7) is 7.42. The first-order chi connectivity index (χ1) is 8.52. The Morgan fingerprint density at radius 3 is 2.72 bits per heavy atom. The highest BCUT2D eigenvalue weighted by molar-refractivity contribution is 6.29. The van der Waals surface area contributed by atoms with E-state index < -0.39 is 0 Å². The van der Waals surface area contributed by atoms with Crippen LogP contribution in [0.1, 0.15) is 32.5 Å². The third kappa shape index (κ3) is 4.96. The van der Waals surface area contributed by atoms with E-state index in [4.69, 9.17) is 11.6 Å². The van der Waals surface area contributed by atoms with Gasteiger partial charge in [0.25, 0.3) is 0 Å². The fourth-order valence-electron chi connectivity index (χ4n) is 1.66. The first-order valence-corrected chi connectivity index (χ1v) is 6.97. The summed E-state index contributed by atoms with van der Waals surface area (Å²) in [5.74, 6) is 0.985. The van der Waals surface area contributed by atoms with Crippen molar-refractivity contribution in [2.75, 3.05) is 20.1 Å². The standard InChI is InChI=1S/C13H25ClN4/c1-11(2)17(3)8-6-5-7-15-10-13-16-9-12(14)18(13)4/h9,11,15H,5-8,10H2,1-4H3. The van der Waals surface area contributed by atoms with Gasteiger partial charge in [-0.3, -0.25) is 0 Å². The zero-order valence-electron chi connectivity index (χ0n) is 11.9. The minimum Gasteiger partial charge on any atom is -0.321 e. The molecule has 0 aliphatic carbocycles. The molecule has 1 heterocycles. The van der Waals surface area contributed by atoms with E-state index in [1.165, 1.54) is 12.8 Å². The van der Waals surface area contributed by atoms with E-state index >= 15 is 0 Å². The minimum absolute atomic E-state index is 0.632. The Hall–Kier alpha value is -0.580. The van der Waals surface area contributed by atoms with Crippen molar-refractivity contribution < 1.29 is 0 Å². The lowest BCUT2D eigenvalue weighted by Crippen LogP contribution is -2.28. The van der Waals surface area contributed by atoms with Gasteiger partial charge in [-0.05, 0) is 46.8 Å². The van der Waals surface area contributed by atoms with Crippen molar-refractivity contribution in [3.63, 3.8) is 0 Å². The average Bonchev–Trinajstić information content (AvgIpc) is 2.64. The van der Waals surface area contributed by atoms with Crippen LogP contribution in [0, 0.1) is 0 Å². The van der Waals surface area contributed by atoms with Crippen LogP contribution in [-0.2, 0) is 13.6 Å². The molecule has 4 nitrogen and oxygen atoms in total. The topological polar surface area (TPSA) is 33.1 Å². The quantitative estimate of drug-likeness (QED) is 0.737. The van der Waals surface area contributed by atoms with E-state index in [1.807, 2.05) is 11.6 Å². The first kappa shape index (κ1) is 15.5. The van der Waals surface area contributed by atoms with Crippen LogP contribution < -0.4 is 5.32 Å². The number of nitrogens with one attached hydrogen (secondary N) is 1. The summed E-state index contributed by atoms with van der Waals surface area (Å²) in [6, 6.07) is 0.632. The number of rotatable bonds is 8. The molecule has 0 bridgehead atoms. The predicted molar refractivity (Wildman–Crippen MR) is 76.9 cm³/mol. The molecule has 104 valence electrons. The van der Waals surface area contributed by atoms with Crippen molar-refractivity contribution in [1.29, 1.82) is 0 Å². The second-order valence-electron chi connectivity index (χ2n) is 5.01. The van der Waals surface area contributed by atoms with E-state index in [0.717, 1.165) is 25.5 Å². The van der Waals surface area contributed by atoms with Gasteiger partial charge in [0.15, 0.2) is 0 Å². The smallest absolute Gasteiger partial charge is 0.128 e. The predicted octanol–water partition coefficient (Wildman–Crippen LogP) is 2.28. The van der Waals surface area contributed by atoms with Crippen LogP contribution in [0.25, 0.3) is 0 Å². The zero-order valence-corrected chi connectivity index (χ0v) is 12.7. The van der Waals surface area contributed by atoms with Crippen molar-refractivity contribution in [3.8, 4) is 0 Å². The van der Waals surface area contributed by atoms with Crippen LogP contribution in [0.3, 0.4) is 0 Å². The van der Waals surface area contributed by atoms with Crippen molar-refractivity contribution in [2.24, 2.45) is 7.05 Å². The van der Waals surface area contributed by atoms with Gasteiger partial charge in [-0.2, -0.15) is 0 Å². The molecule has 18 heavy (non-hydrogen) atoms. The summed E-state index contributed by atoms with van der Waals surface area (Å²) in [5, 5.41) is 4.08. The zero-order chi connectivity index (χ0) is 13.5. The van der Waals surface area contributed by atoms with Crippen molar-refractivity contribution in [3.05, 3.63) is 17.2 Å². The number of aromatic nitrogens is 2. The lowest BCUT2D eigenvalue weighted by molar-refractivity contribution is 0.268. The molecule has 1 aromatic rings. The van der Waals surface area contributed by atoms with E-state index in [1.54, 1.807) is 6.20 Å². The third-order valence-electron chi connectivity index (χ3n) is 3.31. The highest BCUT2D eigenvalue weighted by Gasteiger charge is 2.04. The van der Waals surface area contributed by atoms with Crippen LogP contribution in [-0.4, -0.2) is 40.6 Å². The summed E-state index contributed by atoms with van der Waals surface area (Å²) in [5.41, 5.74) is 0. The van der Waals surface area contributed by atoms with Gasteiger partial charge in [0.05, 0.1) is 12.7 Å². The van der Waals surface area contributed by atoms with Gasteiger partial charge < -0.3 is 14.8 Å². The van der Waals surface area contributed by atoms with Crippen molar-refractivity contribution >= 4 is 11.6 Å². The molecule has 0 saturated heterocycles. The van der Waals surface area contributed by atoms with Crippen LogP contribution >= 0.6 is 11.6 Å². The number of hydrogen-bond acceptors (Lipinski definition) is 3. The van der Waals surface area contributed by atoms with Crippen molar-refractivity contribution in [2.45, 2.75) is 39.3 Å². The van der Waals surface area contributed by atoms with Crippen LogP contribution in [0.2, 0.25) is 5.15 Å². The molecule has 0 atom stereocenters. The van der Waals surface area contributed by atoms with Gasteiger partial charge in [0, 0.05) is 13.1 Å². The van der Waals surface area contributed by atoms with E-state index in [0.29, 0.717) is 11.2 Å². The Balaban J connectivity index is 2.07. The lowest BCUT2D eigenvalue weighted by atomic mass is 10.2. The summed E-state index contributed by atoms with van der Waals surface area (Å²) < 4.78 is 1.90. The Morgan fingerprint density at radius 1 is 1.44 bits per heavy atom. The average molecular weight is 273 g/mol. The molecule has 1 rings (SSSR count). The SMILES string of the molecule is CC(C)N(C)CCCCNCc1ncc(Cl)n1C. The first-order valence-electron chi connectivity index (χ1n) is 6.59. The molecule has 0 fully saturated rings. The van der Waals surface area contributed by atoms with Gasteiger partial charge >= 0.3 is 0 Å². The molecule has 1 N–H and O–H groups in total. The van der Waals surface area contributed by atoms with Gasteiger partial charge in [-0.1, -0.05) is 11.6 Å². The monoisotopic (exact) mass is 272 g/mol. The molecule has 5 heteroatoms. The second kappa shape index (κ2) is 7.77. The molecule has 0 unspecified atom stereocenters. The third-order valence-corrected chi connectivity index (χ3v) is 3.66. The summed E-state index contributed by atoms with van der Waals surface area (Å²) in [4.78, 5) is 6.62. The molecule has 0 spiro atoms. The largest absolute Gasteiger partial charge is 0.321 e. The maximum Gasteiger partial charge on any atom is 0.128 e. The highest BCUT2D eigenvalue weighted by atomic mass is 35.5. The summed E-state index contributed by atoms with van der Waals surface area (Å²) in [7, 11) is 4.11. The normalized spacial score (nSPS) is 11.7. The fourth-order valence-corrected chi connectivity index (χ4v) is 1.80. The Labute approximate surface area is 115 Å². The summed E-state index contributed by atoms with van der Waals surface area (Å²) >= 11 is 5.92. The lowest BCUT2D eigenvalue weighted by Gasteiger charge is -2.20. The maximum atomic E-state index is 5.92. The Kier molecular flexibility index (Phi) is 6.68. The molecule has 0 aliphatic heterocycles. The number of nitrogens with zero attached hydrogens (tertiary/aromatic N) is 3. The van der Waals surface area contributed by atoms with Gasteiger partial charge in [-0.15, -0.1) is 0 Å². The number of halogens is 1. The Bertz CT molecular complexity index is 349. The Morgan fingerprint density at radius 2 is 2.17 bits per heavy atom. The molecular weight excluding hydrogens is 248 g/mol. The highest BCUT2D eigenvalue weighted by Crippen LogP contribution is 2.08. The van der Waals surface area contributed by atoms with Crippen LogP contribution in [0.15, 0.2) is 6.20 Å². The van der Waals surface area contributed by atoms with Gasteiger partial charge in [0.1, 0.15) is 11.0 Å².